The van der Waals surface area contributed by atoms with Crippen LogP contribution in [0, 0.1) is 17.1 Å². The number of carbonyl (C=O) groups excluding carboxylic acids is 1. The van der Waals surface area contributed by atoms with Gasteiger partial charge in [0.25, 0.3) is 0 Å². The highest BCUT2D eigenvalue weighted by Gasteiger charge is 2.14. The Balaban J connectivity index is 2.15. The van der Waals surface area contributed by atoms with E-state index in [0.717, 1.165) is 6.07 Å². The van der Waals surface area contributed by atoms with Gasteiger partial charge in [0.15, 0.2) is 0 Å². The number of ether oxygens (including phenoxy) is 1. The molecule has 0 aliphatic rings. The van der Waals surface area contributed by atoms with Crippen molar-refractivity contribution in [2.75, 3.05) is 0 Å². The first-order valence-corrected chi connectivity index (χ1v) is 6.99. The predicted octanol–water partition coefficient (Wildman–Crippen LogP) is 4.47. The summed E-state index contributed by atoms with van der Waals surface area (Å²) in [5.74, 6) is -1.20. The maximum absolute atomic E-state index is 13.6. The van der Waals surface area contributed by atoms with E-state index >= 15 is 0 Å². The molecule has 0 spiro atoms. The van der Waals surface area contributed by atoms with Crippen LogP contribution in [0.15, 0.2) is 40.9 Å². The Morgan fingerprint density at radius 2 is 2.10 bits per heavy atom. The molecule has 0 aromatic heterocycles. The largest absolute Gasteiger partial charge is 0.457 e. The molecule has 0 N–H and O–H groups in total. The van der Waals surface area contributed by atoms with E-state index in [9.17, 15) is 9.18 Å². The fourth-order valence-electron chi connectivity index (χ4n) is 1.63. The van der Waals surface area contributed by atoms with Crippen molar-refractivity contribution >= 4 is 33.5 Å². The van der Waals surface area contributed by atoms with Gasteiger partial charge in [0.2, 0.25) is 0 Å². The summed E-state index contributed by atoms with van der Waals surface area (Å²) >= 11 is 9.14. The van der Waals surface area contributed by atoms with Gasteiger partial charge < -0.3 is 4.74 Å². The lowest BCUT2D eigenvalue weighted by Crippen LogP contribution is -2.07. The van der Waals surface area contributed by atoms with Crippen molar-refractivity contribution in [2.24, 2.45) is 0 Å². The lowest BCUT2D eigenvalue weighted by Gasteiger charge is -2.08. The first-order valence-electron chi connectivity index (χ1n) is 5.82. The molecule has 3 nitrogen and oxygen atoms in total. The summed E-state index contributed by atoms with van der Waals surface area (Å²) in [6.45, 7) is -0.275. The van der Waals surface area contributed by atoms with Gasteiger partial charge in [0, 0.05) is 10.0 Å². The monoisotopic (exact) mass is 367 g/mol. The first kappa shape index (κ1) is 15.5. The van der Waals surface area contributed by atoms with E-state index in [1.165, 1.54) is 18.2 Å². The third-order valence-electron chi connectivity index (χ3n) is 2.68. The Bertz CT molecular complexity index is 743. The Morgan fingerprint density at radius 3 is 2.81 bits per heavy atom. The molecule has 2 aromatic rings. The Morgan fingerprint density at radius 1 is 1.33 bits per heavy atom. The molecule has 0 radical (unpaired) electrons. The molecule has 21 heavy (non-hydrogen) atoms. The molecular weight excluding hydrogens is 361 g/mol. The molecule has 0 saturated heterocycles. The standard InChI is InChI=1S/C15H8BrClFNO2/c16-11-2-3-13(17)12(6-11)15(20)21-8-10-5-9(7-19)1-4-14(10)18/h1-6H,8H2. The number of nitrogens with zero attached hydrogens (tertiary/aromatic N) is 1. The number of carbonyl (C=O) groups is 1. The molecule has 6 heteroatoms. The highest BCUT2D eigenvalue weighted by atomic mass is 79.9. The van der Waals surface area contributed by atoms with Crippen molar-refractivity contribution in [1.29, 1.82) is 5.26 Å². The summed E-state index contributed by atoms with van der Waals surface area (Å²) in [6, 6.07) is 10.5. The number of benzene rings is 2. The van der Waals surface area contributed by atoms with Crippen molar-refractivity contribution in [3.05, 3.63) is 68.4 Å². The summed E-state index contributed by atoms with van der Waals surface area (Å²) in [7, 11) is 0. The minimum atomic E-state index is -0.664. The normalized spacial score (nSPS) is 10.0. The van der Waals surface area contributed by atoms with Crippen LogP contribution in [0.4, 0.5) is 4.39 Å². The second-order valence-corrected chi connectivity index (χ2v) is 5.44. The quantitative estimate of drug-likeness (QED) is 0.751. The van der Waals surface area contributed by atoms with E-state index in [1.807, 2.05) is 6.07 Å². The van der Waals surface area contributed by atoms with Crippen LogP contribution in [-0.2, 0) is 11.3 Å². The van der Waals surface area contributed by atoms with E-state index in [2.05, 4.69) is 15.9 Å². The van der Waals surface area contributed by atoms with Gasteiger partial charge in [0.1, 0.15) is 12.4 Å². The molecule has 0 atom stereocenters. The fourth-order valence-corrected chi connectivity index (χ4v) is 2.19. The Labute approximate surface area is 134 Å². The van der Waals surface area contributed by atoms with Crippen LogP contribution in [-0.4, -0.2) is 5.97 Å². The highest BCUT2D eigenvalue weighted by molar-refractivity contribution is 9.10. The molecule has 0 unspecified atom stereocenters. The van der Waals surface area contributed by atoms with Gasteiger partial charge in [-0.25, -0.2) is 9.18 Å². The third kappa shape index (κ3) is 3.81. The van der Waals surface area contributed by atoms with E-state index < -0.39 is 11.8 Å². The lowest BCUT2D eigenvalue weighted by atomic mass is 10.1. The van der Waals surface area contributed by atoms with E-state index in [-0.39, 0.29) is 22.8 Å². The van der Waals surface area contributed by atoms with Gasteiger partial charge >= 0.3 is 5.97 Å². The van der Waals surface area contributed by atoms with Crippen LogP contribution < -0.4 is 0 Å². The third-order valence-corrected chi connectivity index (χ3v) is 3.50. The van der Waals surface area contributed by atoms with Gasteiger partial charge in [-0.1, -0.05) is 27.5 Å². The van der Waals surface area contributed by atoms with Gasteiger partial charge in [-0.2, -0.15) is 5.26 Å². The van der Waals surface area contributed by atoms with Crippen molar-refractivity contribution < 1.29 is 13.9 Å². The molecular formula is C15H8BrClFNO2. The molecule has 0 aliphatic carbocycles. The van der Waals surface area contributed by atoms with Gasteiger partial charge in [0.05, 0.1) is 22.2 Å². The summed E-state index contributed by atoms with van der Waals surface area (Å²) in [6.07, 6.45) is 0. The van der Waals surface area contributed by atoms with Crippen molar-refractivity contribution in [2.45, 2.75) is 6.61 Å². The first-order chi connectivity index (χ1) is 10.0. The maximum atomic E-state index is 13.6. The topological polar surface area (TPSA) is 50.1 Å². The number of nitriles is 1. The number of hydrogen-bond acceptors (Lipinski definition) is 3. The van der Waals surface area contributed by atoms with E-state index in [1.54, 1.807) is 12.1 Å². The van der Waals surface area contributed by atoms with Crippen LogP contribution in [0.1, 0.15) is 21.5 Å². The zero-order chi connectivity index (χ0) is 15.4. The number of hydrogen-bond donors (Lipinski definition) is 0. The summed E-state index contributed by atoms with van der Waals surface area (Å²) in [5, 5.41) is 9.02. The molecule has 2 aromatic carbocycles. The second-order valence-electron chi connectivity index (χ2n) is 4.12. The Hall–Kier alpha value is -1.90. The minimum Gasteiger partial charge on any atom is -0.457 e. The molecule has 0 aliphatic heterocycles. The second kappa shape index (κ2) is 6.70. The smallest absolute Gasteiger partial charge is 0.340 e. The SMILES string of the molecule is N#Cc1ccc(F)c(COC(=O)c2cc(Br)ccc2Cl)c1. The average molecular weight is 369 g/mol. The molecule has 106 valence electrons. The molecule has 0 saturated carbocycles. The van der Waals surface area contributed by atoms with Gasteiger partial charge in [-0.15, -0.1) is 0 Å². The molecule has 0 fully saturated rings. The van der Waals surface area contributed by atoms with Crippen molar-refractivity contribution in [1.82, 2.24) is 0 Å². The molecule has 2 rings (SSSR count). The molecule has 0 heterocycles. The van der Waals surface area contributed by atoms with Crippen LogP contribution in [0.5, 0.6) is 0 Å². The maximum Gasteiger partial charge on any atom is 0.340 e. The van der Waals surface area contributed by atoms with Crippen LogP contribution in [0.3, 0.4) is 0 Å². The van der Waals surface area contributed by atoms with E-state index in [4.69, 9.17) is 21.6 Å². The van der Waals surface area contributed by atoms with Gasteiger partial charge in [-0.05, 0) is 36.4 Å². The molecule has 0 amide bonds. The molecule has 0 bridgehead atoms. The highest BCUT2D eigenvalue weighted by Crippen LogP contribution is 2.22. The minimum absolute atomic E-state index is 0.133. The van der Waals surface area contributed by atoms with Crippen LogP contribution in [0.2, 0.25) is 5.02 Å². The Kier molecular flexibility index (Phi) is 4.94. The number of halogens is 3. The van der Waals surface area contributed by atoms with E-state index in [0.29, 0.717) is 10.0 Å². The summed E-state index contributed by atoms with van der Waals surface area (Å²) in [4.78, 5) is 11.9. The van der Waals surface area contributed by atoms with Gasteiger partial charge in [-0.3, -0.25) is 0 Å². The number of rotatable bonds is 3. The fraction of sp³-hybridized carbons (Fsp3) is 0.0667. The zero-order valence-corrected chi connectivity index (χ0v) is 12.9. The summed E-state index contributed by atoms with van der Waals surface area (Å²) in [5.41, 5.74) is 0.611. The van der Waals surface area contributed by atoms with Crippen molar-refractivity contribution in [3.8, 4) is 6.07 Å². The summed E-state index contributed by atoms with van der Waals surface area (Å²) < 4.78 is 19.3. The van der Waals surface area contributed by atoms with Crippen molar-refractivity contribution in [3.63, 3.8) is 0 Å². The average Bonchev–Trinajstić information content (AvgIpc) is 2.48. The van der Waals surface area contributed by atoms with Crippen LogP contribution >= 0.6 is 27.5 Å². The zero-order valence-electron chi connectivity index (χ0n) is 10.6. The predicted molar refractivity (Wildman–Crippen MR) is 79.4 cm³/mol. The van der Waals surface area contributed by atoms with Crippen LogP contribution in [0.25, 0.3) is 0 Å². The lowest BCUT2D eigenvalue weighted by molar-refractivity contribution is 0.0469. The number of esters is 1.